The first kappa shape index (κ1) is 12.5. The van der Waals surface area contributed by atoms with E-state index in [4.69, 9.17) is 4.74 Å². The molecular formula is C12H16N4O2. The van der Waals surface area contributed by atoms with Crippen molar-refractivity contribution in [2.24, 2.45) is 0 Å². The van der Waals surface area contributed by atoms with Crippen molar-refractivity contribution in [3.05, 3.63) is 30.6 Å². The van der Waals surface area contributed by atoms with E-state index in [-0.39, 0.29) is 5.91 Å². The van der Waals surface area contributed by atoms with Crippen LogP contribution in [0.25, 0.3) is 0 Å². The summed E-state index contributed by atoms with van der Waals surface area (Å²) < 4.78 is 5.21. The van der Waals surface area contributed by atoms with Crippen molar-refractivity contribution < 1.29 is 9.53 Å². The Hall–Kier alpha value is -1.95. The number of aromatic nitrogens is 2. The van der Waals surface area contributed by atoms with E-state index in [1.165, 1.54) is 0 Å². The van der Waals surface area contributed by atoms with Gasteiger partial charge in [-0.05, 0) is 6.07 Å². The van der Waals surface area contributed by atoms with Gasteiger partial charge in [-0.3, -0.25) is 4.79 Å². The molecule has 0 spiro atoms. The molecule has 2 heterocycles. The topological polar surface area (TPSA) is 67.4 Å². The third-order valence-electron chi connectivity index (χ3n) is 2.58. The third-order valence-corrected chi connectivity index (χ3v) is 2.58. The summed E-state index contributed by atoms with van der Waals surface area (Å²) in [6.07, 6.45) is 3.28. The number of morpholine rings is 1. The van der Waals surface area contributed by atoms with Crippen molar-refractivity contribution in [3.63, 3.8) is 0 Å². The van der Waals surface area contributed by atoms with Gasteiger partial charge in [-0.25, -0.2) is 9.97 Å². The first-order valence-corrected chi connectivity index (χ1v) is 5.86. The summed E-state index contributed by atoms with van der Waals surface area (Å²) in [5.74, 6) is 0.358. The Morgan fingerprint density at radius 2 is 2.33 bits per heavy atom. The van der Waals surface area contributed by atoms with E-state index in [2.05, 4.69) is 21.9 Å². The highest BCUT2D eigenvalue weighted by Crippen LogP contribution is 2.06. The van der Waals surface area contributed by atoms with Gasteiger partial charge in [-0.15, -0.1) is 6.58 Å². The van der Waals surface area contributed by atoms with E-state index in [9.17, 15) is 4.79 Å². The van der Waals surface area contributed by atoms with Gasteiger partial charge in [0.2, 0.25) is 5.95 Å². The van der Waals surface area contributed by atoms with Crippen LogP contribution < -0.4 is 5.32 Å². The Balaban J connectivity index is 2.06. The minimum atomic E-state index is -0.0812. The smallest absolute Gasteiger partial charge is 0.272 e. The first-order valence-electron chi connectivity index (χ1n) is 5.86. The van der Waals surface area contributed by atoms with Crippen LogP contribution in [0.5, 0.6) is 0 Å². The number of amides is 1. The molecule has 6 nitrogen and oxygen atoms in total. The largest absolute Gasteiger partial charge is 0.378 e. The summed E-state index contributed by atoms with van der Waals surface area (Å²) >= 11 is 0. The van der Waals surface area contributed by atoms with Crippen LogP contribution in [0.1, 0.15) is 10.5 Å². The SMILES string of the molecule is C=CCNc1nccc(C(=O)N2CCOCC2)n1. The van der Waals surface area contributed by atoms with Crippen LogP contribution in [0.3, 0.4) is 0 Å². The summed E-state index contributed by atoms with van der Waals surface area (Å²) in [6.45, 7) is 6.55. The molecule has 0 unspecified atom stereocenters. The second kappa shape index (κ2) is 6.11. The zero-order valence-corrected chi connectivity index (χ0v) is 10.1. The summed E-state index contributed by atoms with van der Waals surface area (Å²) in [4.78, 5) is 22.1. The highest BCUT2D eigenvalue weighted by molar-refractivity contribution is 5.92. The maximum Gasteiger partial charge on any atom is 0.272 e. The van der Waals surface area contributed by atoms with Crippen LogP contribution in [-0.2, 0) is 4.74 Å². The van der Waals surface area contributed by atoms with Gasteiger partial charge in [0, 0.05) is 25.8 Å². The summed E-state index contributed by atoms with van der Waals surface area (Å²) in [6, 6.07) is 1.62. The Labute approximate surface area is 106 Å². The van der Waals surface area contributed by atoms with Crippen molar-refractivity contribution in [1.29, 1.82) is 0 Å². The number of hydrogen-bond donors (Lipinski definition) is 1. The quantitative estimate of drug-likeness (QED) is 0.788. The van der Waals surface area contributed by atoms with Crippen molar-refractivity contribution in [3.8, 4) is 0 Å². The molecule has 0 aromatic carbocycles. The van der Waals surface area contributed by atoms with Crippen molar-refractivity contribution >= 4 is 11.9 Å². The molecule has 0 atom stereocenters. The predicted octanol–water partition coefficient (Wildman–Crippen LogP) is 0.547. The second-order valence-corrected chi connectivity index (χ2v) is 3.84. The first-order chi connectivity index (χ1) is 8.81. The summed E-state index contributed by atoms with van der Waals surface area (Å²) in [7, 11) is 0. The minimum absolute atomic E-state index is 0.0812. The van der Waals surface area contributed by atoms with E-state index < -0.39 is 0 Å². The molecule has 0 radical (unpaired) electrons. The molecule has 1 N–H and O–H groups in total. The van der Waals surface area contributed by atoms with Gasteiger partial charge in [0.05, 0.1) is 13.2 Å². The molecule has 1 amide bonds. The van der Waals surface area contributed by atoms with Crippen molar-refractivity contribution in [2.75, 3.05) is 38.2 Å². The van der Waals surface area contributed by atoms with Gasteiger partial charge in [0.1, 0.15) is 5.69 Å². The molecule has 1 aliphatic heterocycles. The molecule has 2 rings (SSSR count). The molecule has 0 aliphatic carbocycles. The Morgan fingerprint density at radius 1 is 1.56 bits per heavy atom. The summed E-state index contributed by atoms with van der Waals surface area (Å²) in [5, 5.41) is 2.96. The van der Waals surface area contributed by atoms with Gasteiger partial charge in [0.25, 0.3) is 5.91 Å². The molecule has 0 bridgehead atoms. The monoisotopic (exact) mass is 248 g/mol. The number of hydrogen-bond acceptors (Lipinski definition) is 5. The molecular weight excluding hydrogens is 232 g/mol. The molecule has 1 saturated heterocycles. The lowest BCUT2D eigenvalue weighted by atomic mass is 10.3. The molecule has 1 fully saturated rings. The lowest BCUT2D eigenvalue weighted by Gasteiger charge is -2.26. The lowest BCUT2D eigenvalue weighted by molar-refractivity contribution is 0.0299. The number of ether oxygens (including phenoxy) is 1. The molecule has 0 saturated carbocycles. The number of anilines is 1. The Morgan fingerprint density at radius 3 is 3.06 bits per heavy atom. The van der Waals surface area contributed by atoms with Gasteiger partial charge >= 0.3 is 0 Å². The van der Waals surface area contributed by atoms with Crippen LogP contribution in [0.2, 0.25) is 0 Å². The molecule has 1 aromatic rings. The van der Waals surface area contributed by atoms with Gasteiger partial charge in [-0.1, -0.05) is 6.08 Å². The number of nitrogens with zero attached hydrogens (tertiary/aromatic N) is 3. The van der Waals surface area contributed by atoms with Crippen LogP contribution in [0.15, 0.2) is 24.9 Å². The predicted molar refractivity (Wildman–Crippen MR) is 67.4 cm³/mol. The molecule has 96 valence electrons. The molecule has 18 heavy (non-hydrogen) atoms. The van der Waals surface area contributed by atoms with Gasteiger partial charge < -0.3 is 15.0 Å². The Bertz CT molecular complexity index is 430. The average molecular weight is 248 g/mol. The molecule has 1 aromatic heterocycles. The highest BCUT2D eigenvalue weighted by Gasteiger charge is 2.19. The maximum absolute atomic E-state index is 12.2. The highest BCUT2D eigenvalue weighted by atomic mass is 16.5. The number of carbonyl (C=O) groups excluding carboxylic acids is 1. The van der Waals surface area contributed by atoms with Gasteiger partial charge in [-0.2, -0.15) is 0 Å². The van der Waals surface area contributed by atoms with Crippen LogP contribution >= 0.6 is 0 Å². The van der Waals surface area contributed by atoms with Crippen molar-refractivity contribution in [2.45, 2.75) is 0 Å². The number of carbonyl (C=O) groups is 1. The average Bonchev–Trinajstić information content (AvgIpc) is 2.45. The fourth-order valence-corrected chi connectivity index (χ4v) is 1.65. The molecule has 1 aliphatic rings. The standard InChI is InChI=1S/C12H16N4O2/c1-2-4-13-12-14-5-3-10(15-12)11(17)16-6-8-18-9-7-16/h2-3,5H,1,4,6-9H2,(H,13,14,15). The van der Waals surface area contributed by atoms with Gasteiger partial charge in [0.15, 0.2) is 0 Å². The van der Waals surface area contributed by atoms with Crippen LogP contribution in [0.4, 0.5) is 5.95 Å². The van der Waals surface area contributed by atoms with E-state index in [1.807, 2.05) is 0 Å². The molecule has 6 heteroatoms. The zero-order valence-electron chi connectivity index (χ0n) is 10.1. The van der Waals surface area contributed by atoms with E-state index in [1.54, 1.807) is 23.2 Å². The normalized spacial score (nSPS) is 15.2. The fourth-order valence-electron chi connectivity index (χ4n) is 1.65. The second-order valence-electron chi connectivity index (χ2n) is 3.84. The van der Waals surface area contributed by atoms with E-state index in [0.717, 1.165) is 0 Å². The maximum atomic E-state index is 12.2. The van der Waals surface area contributed by atoms with Crippen molar-refractivity contribution in [1.82, 2.24) is 14.9 Å². The zero-order chi connectivity index (χ0) is 12.8. The summed E-state index contributed by atoms with van der Waals surface area (Å²) in [5.41, 5.74) is 0.401. The Kier molecular flexibility index (Phi) is 4.25. The minimum Gasteiger partial charge on any atom is -0.378 e. The fraction of sp³-hybridized carbons (Fsp3) is 0.417. The number of nitrogens with one attached hydrogen (secondary N) is 1. The van der Waals surface area contributed by atoms with E-state index in [0.29, 0.717) is 44.5 Å². The van der Waals surface area contributed by atoms with E-state index >= 15 is 0 Å². The number of rotatable bonds is 4. The lowest BCUT2D eigenvalue weighted by Crippen LogP contribution is -2.41. The van der Waals surface area contributed by atoms with Crippen LogP contribution in [-0.4, -0.2) is 53.6 Å². The third kappa shape index (κ3) is 3.04. The van der Waals surface area contributed by atoms with Crippen LogP contribution in [0, 0.1) is 0 Å².